The molecule has 90 valence electrons. The lowest BCUT2D eigenvalue weighted by Gasteiger charge is -2.14. The highest BCUT2D eigenvalue weighted by molar-refractivity contribution is 7.15. The second kappa shape index (κ2) is 5.21. The number of hydrogen-bond acceptors (Lipinski definition) is 4. The molecular formula is C11H11Cl2N3S. The van der Waals surface area contributed by atoms with Gasteiger partial charge in [-0.3, -0.25) is 0 Å². The van der Waals surface area contributed by atoms with E-state index < -0.39 is 0 Å². The van der Waals surface area contributed by atoms with Crippen LogP contribution in [0.4, 0.5) is 5.13 Å². The maximum atomic E-state index is 6.14. The fraction of sp³-hybridized carbons (Fsp3) is 0.273. The van der Waals surface area contributed by atoms with Gasteiger partial charge in [0.2, 0.25) is 5.13 Å². The standard InChI is InChI=1S/C11H11Cl2N3S/c1-6(14-11-16-15-7(2)17-11)9-4-3-8(12)5-10(9)13/h3-6H,1-2H3,(H,14,16). The molecule has 17 heavy (non-hydrogen) atoms. The van der Waals surface area contributed by atoms with Crippen LogP contribution in [0.1, 0.15) is 23.5 Å². The number of halogens is 2. The van der Waals surface area contributed by atoms with Gasteiger partial charge >= 0.3 is 0 Å². The number of nitrogens with zero attached hydrogens (tertiary/aromatic N) is 2. The summed E-state index contributed by atoms with van der Waals surface area (Å²) in [4.78, 5) is 0. The van der Waals surface area contributed by atoms with Crippen molar-refractivity contribution in [2.75, 3.05) is 5.32 Å². The van der Waals surface area contributed by atoms with E-state index in [-0.39, 0.29) is 6.04 Å². The summed E-state index contributed by atoms with van der Waals surface area (Å²) in [5.74, 6) is 0. The van der Waals surface area contributed by atoms with E-state index in [0.717, 1.165) is 15.7 Å². The van der Waals surface area contributed by atoms with E-state index in [1.54, 1.807) is 6.07 Å². The van der Waals surface area contributed by atoms with Gasteiger partial charge in [-0.05, 0) is 31.5 Å². The topological polar surface area (TPSA) is 37.8 Å². The van der Waals surface area contributed by atoms with E-state index in [9.17, 15) is 0 Å². The summed E-state index contributed by atoms with van der Waals surface area (Å²) >= 11 is 13.5. The van der Waals surface area contributed by atoms with E-state index in [1.807, 2.05) is 26.0 Å². The van der Waals surface area contributed by atoms with E-state index in [1.165, 1.54) is 11.3 Å². The SMILES string of the molecule is Cc1nnc(NC(C)c2ccc(Cl)cc2Cl)s1. The Morgan fingerprint density at radius 1 is 1.29 bits per heavy atom. The monoisotopic (exact) mass is 287 g/mol. The normalized spacial score (nSPS) is 12.5. The van der Waals surface area contributed by atoms with Gasteiger partial charge in [-0.25, -0.2) is 0 Å². The second-order valence-corrected chi connectivity index (χ2v) is 5.68. The Hall–Kier alpha value is -0.840. The van der Waals surface area contributed by atoms with Gasteiger partial charge in [0, 0.05) is 10.0 Å². The van der Waals surface area contributed by atoms with Crippen LogP contribution in [0.15, 0.2) is 18.2 Å². The van der Waals surface area contributed by atoms with Crippen LogP contribution in [-0.4, -0.2) is 10.2 Å². The first-order valence-electron chi connectivity index (χ1n) is 5.08. The highest BCUT2D eigenvalue weighted by Gasteiger charge is 2.11. The van der Waals surface area contributed by atoms with Gasteiger partial charge in [0.1, 0.15) is 5.01 Å². The Bertz CT molecular complexity index is 527. The summed E-state index contributed by atoms with van der Waals surface area (Å²) in [6, 6.07) is 5.54. The van der Waals surface area contributed by atoms with Crippen molar-refractivity contribution in [1.29, 1.82) is 0 Å². The van der Waals surface area contributed by atoms with Crippen molar-refractivity contribution in [3.05, 3.63) is 38.8 Å². The molecule has 1 aromatic heterocycles. The van der Waals surface area contributed by atoms with Gasteiger partial charge in [-0.1, -0.05) is 40.6 Å². The van der Waals surface area contributed by atoms with Crippen LogP contribution in [0.2, 0.25) is 10.0 Å². The molecule has 0 saturated heterocycles. The molecule has 0 amide bonds. The Morgan fingerprint density at radius 3 is 2.65 bits per heavy atom. The van der Waals surface area contributed by atoms with Crippen LogP contribution in [0, 0.1) is 6.92 Å². The minimum atomic E-state index is 0.0621. The number of anilines is 1. The summed E-state index contributed by atoms with van der Waals surface area (Å²) in [5.41, 5.74) is 0.990. The Morgan fingerprint density at radius 2 is 2.06 bits per heavy atom. The number of nitrogens with one attached hydrogen (secondary N) is 1. The Balaban J connectivity index is 2.17. The minimum Gasteiger partial charge on any atom is -0.354 e. The van der Waals surface area contributed by atoms with Crippen molar-refractivity contribution in [3.8, 4) is 0 Å². The molecule has 0 radical (unpaired) electrons. The fourth-order valence-electron chi connectivity index (χ4n) is 1.47. The molecule has 2 rings (SSSR count). The Kier molecular flexibility index (Phi) is 3.86. The molecule has 0 bridgehead atoms. The van der Waals surface area contributed by atoms with Gasteiger partial charge < -0.3 is 5.32 Å². The van der Waals surface area contributed by atoms with Crippen LogP contribution < -0.4 is 5.32 Å². The quantitative estimate of drug-likeness (QED) is 0.913. The smallest absolute Gasteiger partial charge is 0.206 e. The van der Waals surface area contributed by atoms with Crippen molar-refractivity contribution in [2.45, 2.75) is 19.9 Å². The molecule has 3 nitrogen and oxygen atoms in total. The summed E-state index contributed by atoms with van der Waals surface area (Å²) < 4.78 is 0. The largest absolute Gasteiger partial charge is 0.354 e. The summed E-state index contributed by atoms with van der Waals surface area (Å²) in [5, 5.41) is 14.2. The van der Waals surface area contributed by atoms with Gasteiger partial charge in [-0.2, -0.15) is 0 Å². The first-order chi connectivity index (χ1) is 8.06. The summed E-state index contributed by atoms with van der Waals surface area (Å²) in [7, 11) is 0. The lowest BCUT2D eigenvalue weighted by molar-refractivity contribution is 0.872. The van der Waals surface area contributed by atoms with Gasteiger partial charge in [0.15, 0.2) is 0 Å². The first kappa shape index (κ1) is 12.6. The summed E-state index contributed by atoms with van der Waals surface area (Å²) in [6.07, 6.45) is 0. The molecule has 0 aliphatic heterocycles. The maximum absolute atomic E-state index is 6.14. The maximum Gasteiger partial charge on any atom is 0.206 e. The zero-order chi connectivity index (χ0) is 12.4. The number of aromatic nitrogens is 2. The van der Waals surface area contributed by atoms with Gasteiger partial charge in [0.25, 0.3) is 0 Å². The number of aryl methyl sites for hydroxylation is 1. The lowest BCUT2D eigenvalue weighted by Crippen LogP contribution is -2.06. The zero-order valence-corrected chi connectivity index (χ0v) is 11.7. The predicted molar refractivity (Wildman–Crippen MR) is 73.1 cm³/mol. The molecule has 1 heterocycles. The first-order valence-corrected chi connectivity index (χ1v) is 6.65. The highest BCUT2D eigenvalue weighted by Crippen LogP contribution is 2.29. The third kappa shape index (κ3) is 3.09. The molecule has 6 heteroatoms. The summed E-state index contributed by atoms with van der Waals surface area (Å²) in [6.45, 7) is 3.94. The van der Waals surface area contributed by atoms with Gasteiger partial charge in [-0.15, -0.1) is 10.2 Å². The molecule has 2 aromatic rings. The second-order valence-electron chi connectivity index (χ2n) is 3.66. The van der Waals surface area contributed by atoms with E-state index >= 15 is 0 Å². The van der Waals surface area contributed by atoms with Crippen LogP contribution >= 0.6 is 34.5 Å². The average molecular weight is 288 g/mol. The average Bonchev–Trinajstić information content (AvgIpc) is 2.63. The van der Waals surface area contributed by atoms with Crippen molar-refractivity contribution in [1.82, 2.24) is 10.2 Å². The van der Waals surface area contributed by atoms with Gasteiger partial charge in [0.05, 0.1) is 6.04 Å². The zero-order valence-electron chi connectivity index (χ0n) is 9.37. The van der Waals surface area contributed by atoms with Crippen molar-refractivity contribution >= 4 is 39.7 Å². The van der Waals surface area contributed by atoms with Crippen LogP contribution in [0.5, 0.6) is 0 Å². The molecule has 0 saturated carbocycles. The third-order valence-corrected chi connectivity index (χ3v) is 3.63. The van der Waals surface area contributed by atoms with Crippen molar-refractivity contribution in [3.63, 3.8) is 0 Å². The minimum absolute atomic E-state index is 0.0621. The highest BCUT2D eigenvalue weighted by atomic mass is 35.5. The molecule has 0 fully saturated rings. The van der Waals surface area contributed by atoms with Crippen LogP contribution in [-0.2, 0) is 0 Å². The van der Waals surface area contributed by atoms with E-state index in [0.29, 0.717) is 10.0 Å². The van der Waals surface area contributed by atoms with E-state index in [4.69, 9.17) is 23.2 Å². The molecular weight excluding hydrogens is 277 g/mol. The predicted octanol–water partition coefficient (Wildman–Crippen LogP) is 4.33. The molecule has 1 unspecified atom stereocenters. The fourth-order valence-corrected chi connectivity index (χ4v) is 2.72. The molecule has 0 aliphatic carbocycles. The van der Waals surface area contributed by atoms with Crippen LogP contribution in [0.3, 0.4) is 0 Å². The molecule has 1 N–H and O–H groups in total. The Labute approximate surface area is 114 Å². The third-order valence-electron chi connectivity index (χ3n) is 2.30. The van der Waals surface area contributed by atoms with Crippen LogP contribution in [0.25, 0.3) is 0 Å². The lowest BCUT2D eigenvalue weighted by atomic mass is 10.1. The molecule has 1 aromatic carbocycles. The van der Waals surface area contributed by atoms with E-state index in [2.05, 4.69) is 15.5 Å². The number of benzene rings is 1. The molecule has 0 spiro atoms. The number of hydrogen-bond donors (Lipinski definition) is 1. The van der Waals surface area contributed by atoms with Crippen molar-refractivity contribution < 1.29 is 0 Å². The molecule has 1 atom stereocenters. The molecule has 0 aliphatic rings. The number of rotatable bonds is 3. The van der Waals surface area contributed by atoms with Crippen molar-refractivity contribution in [2.24, 2.45) is 0 Å².